The number of morpholine rings is 1. The maximum atomic E-state index is 12.8. The molecule has 2 heterocycles. The van der Waals surface area contributed by atoms with E-state index in [4.69, 9.17) is 9.47 Å². The van der Waals surface area contributed by atoms with Crippen molar-refractivity contribution in [1.82, 2.24) is 14.1 Å². The van der Waals surface area contributed by atoms with Crippen molar-refractivity contribution >= 4 is 10.0 Å². The lowest BCUT2D eigenvalue weighted by molar-refractivity contribution is 0.0401. The molecule has 0 radical (unpaired) electrons. The number of hydrogen-bond acceptors (Lipinski definition) is 7. The predicted molar refractivity (Wildman–Crippen MR) is 150 cm³/mol. The minimum Gasteiger partial charge on any atom is -0.491 e. The second kappa shape index (κ2) is 13.0. The second-order valence-corrected chi connectivity index (χ2v) is 12.0. The molecule has 3 aromatic rings. The van der Waals surface area contributed by atoms with Gasteiger partial charge < -0.3 is 14.6 Å². The van der Waals surface area contributed by atoms with Crippen molar-refractivity contribution in [2.45, 2.75) is 17.0 Å². The van der Waals surface area contributed by atoms with Gasteiger partial charge in [0.25, 0.3) is 0 Å². The molecule has 0 aliphatic carbocycles. The fourth-order valence-corrected chi connectivity index (χ4v) is 6.68. The molecule has 0 spiro atoms. The van der Waals surface area contributed by atoms with E-state index in [-0.39, 0.29) is 17.5 Å². The molecular weight excluding hydrogens is 514 g/mol. The fourth-order valence-electron chi connectivity index (χ4n) is 5.28. The van der Waals surface area contributed by atoms with E-state index in [1.807, 2.05) is 0 Å². The Hall–Kier alpha value is -2.79. The molecule has 8 nitrogen and oxygen atoms in total. The molecule has 208 valence electrons. The molecule has 2 aliphatic rings. The summed E-state index contributed by atoms with van der Waals surface area (Å²) < 4.78 is 38.1. The van der Waals surface area contributed by atoms with Gasteiger partial charge in [-0.3, -0.25) is 9.80 Å². The third-order valence-corrected chi connectivity index (χ3v) is 9.26. The molecule has 9 heteroatoms. The first-order valence-corrected chi connectivity index (χ1v) is 15.0. The van der Waals surface area contributed by atoms with E-state index in [1.54, 1.807) is 24.3 Å². The molecule has 5 rings (SSSR count). The van der Waals surface area contributed by atoms with Crippen LogP contribution >= 0.6 is 0 Å². The van der Waals surface area contributed by atoms with Crippen molar-refractivity contribution in [3.63, 3.8) is 0 Å². The highest BCUT2D eigenvalue weighted by Crippen LogP contribution is 2.29. The van der Waals surface area contributed by atoms with Gasteiger partial charge in [0.1, 0.15) is 18.5 Å². The topological polar surface area (TPSA) is 82.5 Å². The van der Waals surface area contributed by atoms with Gasteiger partial charge >= 0.3 is 0 Å². The first kappa shape index (κ1) is 27.8. The van der Waals surface area contributed by atoms with Crippen LogP contribution in [0.4, 0.5) is 0 Å². The van der Waals surface area contributed by atoms with Crippen molar-refractivity contribution in [2.75, 3.05) is 65.6 Å². The fraction of sp³-hybridized carbons (Fsp3) is 0.400. The maximum Gasteiger partial charge on any atom is 0.243 e. The normalized spacial score (nSPS) is 18.7. The van der Waals surface area contributed by atoms with Gasteiger partial charge in [-0.05, 0) is 35.4 Å². The molecule has 0 aromatic heterocycles. The number of aliphatic hydroxyl groups is 1. The van der Waals surface area contributed by atoms with Crippen molar-refractivity contribution in [1.29, 1.82) is 0 Å². The third-order valence-electron chi connectivity index (χ3n) is 7.35. The van der Waals surface area contributed by atoms with Gasteiger partial charge in [-0.25, -0.2) is 8.42 Å². The Morgan fingerprint density at radius 3 is 1.90 bits per heavy atom. The van der Waals surface area contributed by atoms with Crippen molar-refractivity contribution in [2.24, 2.45) is 0 Å². The van der Waals surface area contributed by atoms with E-state index >= 15 is 0 Å². The van der Waals surface area contributed by atoms with Gasteiger partial charge in [0, 0.05) is 45.8 Å². The number of ether oxygens (including phenoxy) is 2. The summed E-state index contributed by atoms with van der Waals surface area (Å²) in [7, 11) is -3.54. The summed E-state index contributed by atoms with van der Waals surface area (Å²) in [5.74, 6) is 0.536. The molecular formula is C30H37N3O5S. The van der Waals surface area contributed by atoms with Crippen LogP contribution in [-0.2, 0) is 14.8 Å². The highest BCUT2D eigenvalue weighted by molar-refractivity contribution is 7.89. The zero-order valence-electron chi connectivity index (χ0n) is 22.1. The molecule has 0 amide bonds. The molecule has 2 saturated heterocycles. The van der Waals surface area contributed by atoms with E-state index in [1.165, 1.54) is 15.4 Å². The predicted octanol–water partition coefficient (Wildman–Crippen LogP) is 2.85. The quantitative estimate of drug-likeness (QED) is 0.415. The summed E-state index contributed by atoms with van der Waals surface area (Å²) in [6.07, 6.45) is -0.646. The lowest BCUT2D eigenvalue weighted by Gasteiger charge is -2.40. The zero-order chi connectivity index (χ0) is 27.1. The first-order chi connectivity index (χ1) is 19.0. The summed E-state index contributed by atoms with van der Waals surface area (Å²) in [5, 5.41) is 10.7. The third kappa shape index (κ3) is 7.05. The lowest BCUT2D eigenvalue weighted by Crippen LogP contribution is -2.50. The number of nitrogens with zero attached hydrogens (tertiary/aromatic N) is 3. The van der Waals surface area contributed by atoms with Gasteiger partial charge in [0.15, 0.2) is 0 Å². The van der Waals surface area contributed by atoms with Gasteiger partial charge in [-0.2, -0.15) is 4.31 Å². The monoisotopic (exact) mass is 551 g/mol. The van der Waals surface area contributed by atoms with Gasteiger partial charge in [0.2, 0.25) is 10.0 Å². The summed E-state index contributed by atoms with van der Waals surface area (Å²) in [4.78, 5) is 5.02. The first-order valence-electron chi connectivity index (χ1n) is 13.6. The summed E-state index contributed by atoms with van der Waals surface area (Å²) in [6, 6.07) is 27.8. The molecule has 1 atom stereocenters. The number of sulfonamides is 1. The number of β-amino-alcohol motifs (C(OH)–C–C–N with tert-alkyl or cyclic N) is 1. The van der Waals surface area contributed by atoms with Crippen LogP contribution in [0.15, 0.2) is 89.8 Å². The summed E-state index contributed by atoms with van der Waals surface area (Å²) >= 11 is 0. The standard InChI is InChI=1S/C30H37N3O5S/c34-27(24-38-28-11-13-29(14-12-28)39(35,36)33-19-21-37-22-20-33)23-31-15-17-32(18-16-31)30(25-7-3-1-4-8-25)26-9-5-2-6-10-26/h1-14,27,30,34H,15-24H2. The van der Waals surface area contributed by atoms with Gasteiger partial charge in [0.05, 0.1) is 24.2 Å². The SMILES string of the molecule is O=S(=O)(c1ccc(OCC(O)CN2CCN(C(c3ccccc3)c3ccccc3)CC2)cc1)N1CCOCC1. The van der Waals surface area contributed by atoms with Crippen LogP contribution in [0.5, 0.6) is 5.75 Å². The molecule has 2 fully saturated rings. The highest BCUT2D eigenvalue weighted by Gasteiger charge is 2.28. The summed E-state index contributed by atoms with van der Waals surface area (Å²) in [6.45, 7) is 5.75. The zero-order valence-corrected chi connectivity index (χ0v) is 23.0. The summed E-state index contributed by atoms with van der Waals surface area (Å²) in [5.41, 5.74) is 2.57. The molecule has 0 saturated carbocycles. The Labute approximate surface area is 231 Å². The minimum atomic E-state index is -3.54. The minimum absolute atomic E-state index is 0.145. The van der Waals surface area contributed by atoms with Crippen LogP contribution in [-0.4, -0.2) is 99.4 Å². The lowest BCUT2D eigenvalue weighted by atomic mass is 9.96. The Kier molecular flexibility index (Phi) is 9.28. The molecule has 39 heavy (non-hydrogen) atoms. The second-order valence-electron chi connectivity index (χ2n) is 10.0. The Balaban J connectivity index is 1.11. The molecule has 1 N–H and O–H groups in total. The van der Waals surface area contributed by atoms with E-state index in [2.05, 4.69) is 70.5 Å². The van der Waals surface area contributed by atoms with Crippen LogP contribution in [0.2, 0.25) is 0 Å². The van der Waals surface area contributed by atoms with Gasteiger partial charge in [-0.1, -0.05) is 60.7 Å². The largest absolute Gasteiger partial charge is 0.491 e. The molecule has 2 aliphatic heterocycles. The van der Waals surface area contributed by atoms with Crippen molar-refractivity contribution in [3.8, 4) is 5.75 Å². The molecule has 3 aromatic carbocycles. The van der Waals surface area contributed by atoms with E-state index in [9.17, 15) is 13.5 Å². The average Bonchev–Trinajstić information content (AvgIpc) is 2.99. The van der Waals surface area contributed by atoms with Crippen LogP contribution in [0.1, 0.15) is 17.2 Å². The molecule has 0 bridgehead atoms. The van der Waals surface area contributed by atoms with E-state index in [0.29, 0.717) is 38.6 Å². The van der Waals surface area contributed by atoms with Crippen LogP contribution in [0, 0.1) is 0 Å². The molecule has 1 unspecified atom stereocenters. The highest BCUT2D eigenvalue weighted by atomic mass is 32.2. The van der Waals surface area contributed by atoms with Crippen LogP contribution < -0.4 is 4.74 Å². The number of hydrogen-bond donors (Lipinski definition) is 1. The average molecular weight is 552 g/mol. The van der Waals surface area contributed by atoms with Crippen LogP contribution in [0.25, 0.3) is 0 Å². The number of aliphatic hydroxyl groups excluding tert-OH is 1. The Morgan fingerprint density at radius 2 is 1.33 bits per heavy atom. The Bertz CT molecular complexity index is 1220. The van der Waals surface area contributed by atoms with Crippen molar-refractivity contribution in [3.05, 3.63) is 96.1 Å². The van der Waals surface area contributed by atoms with Gasteiger partial charge in [-0.15, -0.1) is 0 Å². The smallest absolute Gasteiger partial charge is 0.243 e. The Morgan fingerprint density at radius 1 is 0.769 bits per heavy atom. The van der Waals surface area contributed by atoms with E-state index < -0.39 is 16.1 Å². The number of piperazine rings is 1. The number of benzene rings is 3. The number of rotatable bonds is 10. The van der Waals surface area contributed by atoms with Crippen LogP contribution in [0.3, 0.4) is 0 Å². The maximum absolute atomic E-state index is 12.8. The van der Waals surface area contributed by atoms with E-state index in [0.717, 1.165) is 26.2 Å². The van der Waals surface area contributed by atoms with Crippen molar-refractivity contribution < 1.29 is 23.0 Å².